The van der Waals surface area contributed by atoms with Crippen molar-refractivity contribution in [2.45, 2.75) is 34.1 Å². The Kier molecular flexibility index (Phi) is 7.05. The Balaban J connectivity index is 3.56. The normalized spacial score (nSPS) is 12.0. The lowest BCUT2D eigenvalue weighted by molar-refractivity contribution is -0.155. The van der Waals surface area contributed by atoms with Crippen LogP contribution in [0.2, 0.25) is 0 Å². The lowest BCUT2D eigenvalue weighted by atomic mass is 9.91. The van der Waals surface area contributed by atoms with Crippen molar-refractivity contribution in [2.24, 2.45) is 5.41 Å². The first-order chi connectivity index (χ1) is 7.04. The summed E-state index contributed by atoms with van der Waals surface area (Å²) in [5.74, 6) is -0.153. The number of esters is 1. The van der Waals surface area contributed by atoms with Gasteiger partial charge in [0, 0.05) is 0 Å². The molecule has 0 aromatic carbocycles. The van der Waals surface area contributed by atoms with Crippen LogP contribution in [0.4, 0.5) is 0 Å². The third-order valence-electron chi connectivity index (χ3n) is 2.35. The average molecular weight is 214 g/mol. The van der Waals surface area contributed by atoms with Crippen molar-refractivity contribution < 1.29 is 14.3 Å². The molecule has 0 aliphatic heterocycles. The zero-order valence-electron chi connectivity index (χ0n) is 10.2. The molecule has 3 heteroatoms. The van der Waals surface area contributed by atoms with Gasteiger partial charge < -0.3 is 9.47 Å². The van der Waals surface area contributed by atoms with Crippen LogP contribution in [0.3, 0.4) is 0 Å². The summed E-state index contributed by atoms with van der Waals surface area (Å²) in [6, 6.07) is 0. The monoisotopic (exact) mass is 214 g/mol. The summed E-state index contributed by atoms with van der Waals surface area (Å²) >= 11 is 0. The molecular weight excluding hydrogens is 192 g/mol. The van der Waals surface area contributed by atoms with Crippen LogP contribution in [-0.2, 0) is 14.3 Å². The number of ether oxygens (including phenoxy) is 2. The summed E-state index contributed by atoms with van der Waals surface area (Å²) in [7, 11) is 0. The van der Waals surface area contributed by atoms with E-state index in [-0.39, 0.29) is 11.4 Å². The van der Waals surface area contributed by atoms with Crippen LogP contribution < -0.4 is 0 Å². The zero-order valence-corrected chi connectivity index (χ0v) is 10.2. The quantitative estimate of drug-likeness (QED) is 0.371. The maximum atomic E-state index is 11.5. The van der Waals surface area contributed by atoms with Gasteiger partial charge in [-0.25, -0.2) is 0 Å². The SMILES string of the molecule is C/C=C/COCCOC(=O)C(C)(C)CC. The first kappa shape index (κ1) is 14.2. The summed E-state index contributed by atoms with van der Waals surface area (Å²) in [5, 5.41) is 0. The van der Waals surface area contributed by atoms with Gasteiger partial charge in [-0.2, -0.15) is 0 Å². The van der Waals surface area contributed by atoms with E-state index in [1.165, 1.54) is 0 Å². The maximum absolute atomic E-state index is 11.5. The Morgan fingerprint density at radius 3 is 2.53 bits per heavy atom. The van der Waals surface area contributed by atoms with E-state index in [1.54, 1.807) is 0 Å². The van der Waals surface area contributed by atoms with E-state index in [1.807, 2.05) is 39.8 Å². The van der Waals surface area contributed by atoms with Gasteiger partial charge in [0.1, 0.15) is 6.61 Å². The molecule has 0 aromatic rings. The summed E-state index contributed by atoms with van der Waals surface area (Å²) in [6.07, 6.45) is 4.62. The van der Waals surface area contributed by atoms with Crippen LogP contribution in [0, 0.1) is 5.41 Å². The third kappa shape index (κ3) is 6.28. The Morgan fingerprint density at radius 1 is 1.33 bits per heavy atom. The minimum Gasteiger partial charge on any atom is -0.463 e. The van der Waals surface area contributed by atoms with E-state index in [2.05, 4.69) is 0 Å². The molecule has 0 aliphatic rings. The summed E-state index contributed by atoms with van der Waals surface area (Å²) in [5.41, 5.74) is -0.386. The molecule has 0 saturated carbocycles. The fraction of sp³-hybridized carbons (Fsp3) is 0.750. The zero-order chi connectivity index (χ0) is 11.7. The summed E-state index contributed by atoms with van der Waals surface area (Å²) in [6.45, 7) is 9.05. The molecule has 0 rings (SSSR count). The molecule has 0 atom stereocenters. The highest BCUT2D eigenvalue weighted by atomic mass is 16.6. The molecule has 0 aromatic heterocycles. The molecule has 0 fully saturated rings. The molecule has 88 valence electrons. The predicted octanol–water partition coefficient (Wildman–Crippen LogP) is 2.56. The van der Waals surface area contributed by atoms with E-state index < -0.39 is 0 Å². The first-order valence-electron chi connectivity index (χ1n) is 5.40. The van der Waals surface area contributed by atoms with Gasteiger partial charge in [-0.1, -0.05) is 19.1 Å². The van der Waals surface area contributed by atoms with Crippen LogP contribution in [0.1, 0.15) is 34.1 Å². The van der Waals surface area contributed by atoms with Crippen LogP contribution in [-0.4, -0.2) is 25.8 Å². The smallest absolute Gasteiger partial charge is 0.311 e. The lowest BCUT2D eigenvalue weighted by Gasteiger charge is -2.20. The number of hydrogen-bond acceptors (Lipinski definition) is 3. The number of carbonyl (C=O) groups excluding carboxylic acids is 1. The van der Waals surface area contributed by atoms with Crippen LogP contribution in [0.15, 0.2) is 12.2 Å². The fourth-order valence-corrected chi connectivity index (χ4v) is 0.781. The number of hydrogen-bond donors (Lipinski definition) is 0. The van der Waals surface area contributed by atoms with Gasteiger partial charge in [-0.3, -0.25) is 4.79 Å². The minimum absolute atomic E-state index is 0.153. The van der Waals surface area contributed by atoms with Gasteiger partial charge in [-0.05, 0) is 27.2 Å². The van der Waals surface area contributed by atoms with E-state index in [0.717, 1.165) is 6.42 Å². The minimum atomic E-state index is -0.386. The Labute approximate surface area is 92.5 Å². The van der Waals surface area contributed by atoms with Crippen molar-refractivity contribution in [1.29, 1.82) is 0 Å². The molecule has 0 N–H and O–H groups in total. The molecule has 0 radical (unpaired) electrons. The number of rotatable bonds is 7. The van der Waals surface area contributed by atoms with Crippen molar-refractivity contribution in [3.63, 3.8) is 0 Å². The fourth-order valence-electron chi connectivity index (χ4n) is 0.781. The predicted molar refractivity (Wildman–Crippen MR) is 60.7 cm³/mol. The molecule has 3 nitrogen and oxygen atoms in total. The number of allylic oxidation sites excluding steroid dienone is 1. The average Bonchev–Trinajstić information content (AvgIpc) is 2.22. The third-order valence-corrected chi connectivity index (χ3v) is 2.35. The standard InChI is InChI=1S/C12H22O3/c1-5-7-8-14-9-10-15-11(13)12(3,4)6-2/h5,7H,6,8-10H2,1-4H3/b7-5+. The highest BCUT2D eigenvalue weighted by molar-refractivity contribution is 5.75. The van der Waals surface area contributed by atoms with Crippen LogP contribution in [0.25, 0.3) is 0 Å². The molecule has 15 heavy (non-hydrogen) atoms. The van der Waals surface area contributed by atoms with Gasteiger partial charge in [0.05, 0.1) is 18.6 Å². The first-order valence-corrected chi connectivity index (χ1v) is 5.40. The van der Waals surface area contributed by atoms with E-state index in [0.29, 0.717) is 19.8 Å². The molecular formula is C12H22O3. The lowest BCUT2D eigenvalue weighted by Crippen LogP contribution is -2.27. The van der Waals surface area contributed by atoms with Crippen molar-refractivity contribution in [3.05, 3.63) is 12.2 Å². The topological polar surface area (TPSA) is 35.5 Å². The Morgan fingerprint density at radius 2 is 2.00 bits per heavy atom. The van der Waals surface area contributed by atoms with Crippen molar-refractivity contribution in [2.75, 3.05) is 19.8 Å². The van der Waals surface area contributed by atoms with E-state index in [4.69, 9.17) is 9.47 Å². The molecule has 0 saturated heterocycles. The summed E-state index contributed by atoms with van der Waals surface area (Å²) in [4.78, 5) is 11.5. The molecule has 0 amide bonds. The van der Waals surface area contributed by atoms with Crippen LogP contribution >= 0.6 is 0 Å². The molecule has 0 spiro atoms. The van der Waals surface area contributed by atoms with Gasteiger partial charge in [0.2, 0.25) is 0 Å². The molecule has 0 bridgehead atoms. The van der Waals surface area contributed by atoms with Crippen molar-refractivity contribution in [1.82, 2.24) is 0 Å². The van der Waals surface area contributed by atoms with Gasteiger partial charge >= 0.3 is 5.97 Å². The highest BCUT2D eigenvalue weighted by Crippen LogP contribution is 2.21. The highest BCUT2D eigenvalue weighted by Gasteiger charge is 2.26. The second-order valence-corrected chi connectivity index (χ2v) is 4.02. The second-order valence-electron chi connectivity index (χ2n) is 4.02. The molecule has 0 heterocycles. The van der Waals surface area contributed by atoms with Gasteiger partial charge in [0.25, 0.3) is 0 Å². The van der Waals surface area contributed by atoms with E-state index >= 15 is 0 Å². The van der Waals surface area contributed by atoms with Crippen LogP contribution in [0.5, 0.6) is 0 Å². The molecule has 0 aliphatic carbocycles. The largest absolute Gasteiger partial charge is 0.463 e. The van der Waals surface area contributed by atoms with Gasteiger partial charge in [-0.15, -0.1) is 0 Å². The van der Waals surface area contributed by atoms with Gasteiger partial charge in [0.15, 0.2) is 0 Å². The van der Waals surface area contributed by atoms with Crippen molar-refractivity contribution in [3.8, 4) is 0 Å². The second kappa shape index (κ2) is 7.46. The Hall–Kier alpha value is -0.830. The summed E-state index contributed by atoms with van der Waals surface area (Å²) < 4.78 is 10.3. The maximum Gasteiger partial charge on any atom is 0.311 e. The Bertz CT molecular complexity index is 207. The van der Waals surface area contributed by atoms with E-state index in [9.17, 15) is 4.79 Å². The van der Waals surface area contributed by atoms with Crippen molar-refractivity contribution >= 4 is 5.97 Å². The molecule has 0 unspecified atom stereocenters. The number of carbonyl (C=O) groups is 1.